The second-order valence-corrected chi connectivity index (χ2v) is 4.81. The molecule has 104 valence electrons. The molecule has 20 heavy (non-hydrogen) atoms. The molecule has 2 rings (SSSR count). The van der Waals surface area contributed by atoms with Crippen LogP contribution in [0.15, 0.2) is 46.2 Å². The van der Waals surface area contributed by atoms with Crippen molar-refractivity contribution in [2.45, 2.75) is 9.79 Å². The number of nitrogens with two attached hydrogens (primary N) is 1. The Morgan fingerprint density at radius 3 is 2.55 bits per heavy atom. The first-order chi connectivity index (χ1) is 9.52. The summed E-state index contributed by atoms with van der Waals surface area (Å²) in [6.07, 6.45) is 0. The van der Waals surface area contributed by atoms with Gasteiger partial charge in [0.15, 0.2) is 0 Å². The van der Waals surface area contributed by atoms with Gasteiger partial charge in [-0.2, -0.15) is 0 Å². The quantitative estimate of drug-likeness (QED) is 0.514. The van der Waals surface area contributed by atoms with Gasteiger partial charge in [-0.15, -0.1) is 0 Å². The normalized spacial score (nSPS) is 10.3. The monoisotopic (exact) mass is 297 g/mol. The summed E-state index contributed by atoms with van der Waals surface area (Å²) in [6, 6.07) is 7.48. The van der Waals surface area contributed by atoms with Gasteiger partial charge in [0.05, 0.1) is 9.82 Å². The van der Waals surface area contributed by atoms with E-state index < -0.39 is 16.6 Å². The van der Waals surface area contributed by atoms with Crippen molar-refractivity contribution in [3.8, 4) is 0 Å². The molecule has 0 aliphatic heterocycles. The van der Waals surface area contributed by atoms with Crippen LogP contribution in [0.1, 0.15) is 0 Å². The maximum absolute atomic E-state index is 13.6. The maximum atomic E-state index is 13.6. The molecule has 0 saturated carbocycles. The second-order valence-electron chi connectivity index (χ2n) is 3.73. The molecule has 2 aromatic rings. The van der Waals surface area contributed by atoms with Crippen LogP contribution in [-0.4, -0.2) is 4.92 Å². The van der Waals surface area contributed by atoms with Gasteiger partial charge < -0.3 is 5.43 Å². The summed E-state index contributed by atoms with van der Waals surface area (Å²) in [4.78, 5) is 10.8. The van der Waals surface area contributed by atoms with E-state index in [1.165, 1.54) is 18.2 Å². The number of benzene rings is 2. The SMILES string of the molecule is NNc1cccc(Sc2ccc(F)cc2F)c1[N+](=O)[O-]. The molecule has 5 nitrogen and oxygen atoms in total. The predicted molar refractivity (Wildman–Crippen MR) is 71.4 cm³/mol. The molecule has 0 aliphatic carbocycles. The molecule has 0 unspecified atom stereocenters. The summed E-state index contributed by atoms with van der Waals surface area (Å²) in [7, 11) is 0. The van der Waals surface area contributed by atoms with E-state index in [1.807, 2.05) is 0 Å². The molecular weight excluding hydrogens is 288 g/mol. The van der Waals surface area contributed by atoms with E-state index in [9.17, 15) is 18.9 Å². The van der Waals surface area contributed by atoms with E-state index in [0.717, 1.165) is 23.9 Å². The second kappa shape index (κ2) is 5.85. The largest absolute Gasteiger partial charge is 0.318 e. The van der Waals surface area contributed by atoms with Crippen molar-refractivity contribution in [1.82, 2.24) is 0 Å². The number of nitro groups is 1. The van der Waals surface area contributed by atoms with Crippen LogP contribution < -0.4 is 11.3 Å². The molecular formula is C12H9F2N3O2S. The average molecular weight is 297 g/mol. The number of halogens is 2. The molecule has 0 fully saturated rings. The number of nitrogens with zero attached hydrogens (tertiary/aromatic N) is 1. The van der Waals surface area contributed by atoms with Crippen molar-refractivity contribution >= 4 is 23.1 Å². The molecule has 3 N–H and O–H groups in total. The third-order valence-electron chi connectivity index (χ3n) is 2.45. The number of hydrogen-bond acceptors (Lipinski definition) is 5. The summed E-state index contributed by atoms with van der Waals surface area (Å²) in [5.41, 5.74) is 2.07. The lowest BCUT2D eigenvalue weighted by atomic mass is 10.3. The minimum Gasteiger partial charge on any atom is -0.318 e. The molecule has 0 aliphatic rings. The maximum Gasteiger partial charge on any atom is 0.307 e. The van der Waals surface area contributed by atoms with Crippen LogP contribution in [0.25, 0.3) is 0 Å². The summed E-state index contributed by atoms with van der Waals surface area (Å²) >= 11 is 0.829. The number of nitro benzene ring substituents is 1. The Kier molecular flexibility index (Phi) is 4.16. The predicted octanol–water partition coefficient (Wildman–Crippen LogP) is 3.31. The average Bonchev–Trinajstić information content (AvgIpc) is 2.41. The Morgan fingerprint density at radius 2 is 1.95 bits per heavy atom. The molecule has 0 bridgehead atoms. The first kappa shape index (κ1) is 14.2. The van der Waals surface area contributed by atoms with E-state index in [4.69, 9.17) is 5.84 Å². The number of rotatable bonds is 4. The van der Waals surface area contributed by atoms with Crippen LogP contribution in [0.5, 0.6) is 0 Å². The van der Waals surface area contributed by atoms with Gasteiger partial charge in [-0.1, -0.05) is 17.8 Å². The van der Waals surface area contributed by atoms with Crippen molar-refractivity contribution in [1.29, 1.82) is 0 Å². The summed E-state index contributed by atoms with van der Waals surface area (Å²) < 4.78 is 26.4. The van der Waals surface area contributed by atoms with Crippen molar-refractivity contribution in [3.63, 3.8) is 0 Å². The van der Waals surface area contributed by atoms with Gasteiger partial charge in [-0.25, -0.2) is 8.78 Å². The first-order valence-corrected chi connectivity index (χ1v) is 6.21. The smallest absolute Gasteiger partial charge is 0.307 e. The highest BCUT2D eigenvalue weighted by Crippen LogP contribution is 2.39. The van der Waals surface area contributed by atoms with Crippen molar-refractivity contribution in [2.75, 3.05) is 5.43 Å². The zero-order valence-corrected chi connectivity index (χ0v) is 10.8. The highest BCUT2D eigenvalue weighted by atomic mass is 32.2. The van der Waals surface area contributed by atoms with E-state index in [-0.39, 0.29) is 21.2 Å². The van der Waals surface area contributed by atoms with Crippen molar-refractivity contribution in [2.24, 2.45) is 5.84 Å². The van der Waals surface area contributed by atoms with Crippen LogP contribution in [0, 0.1) is 21.7 Å². The van der Waals surface area contributed by atoms with Crippen LogP contribution in [0.4, 0.5) is 20.2 Å². The Morgan fingerprint density at radius 1 is 1.20 bits per heavy atom. The third kappa shape index (κ3) is 2.86. The zero-order chi connectivity index (χ0) is 14.7. The van der Waals surface area contributed by atoms with Crippen LogP contribution in [0.3, 0.4) is 0 Å². The van der Waals surface area contributed by atoms with E-state index in [0.29, 0.717) is 0 Å². The van der Waals surface area contributed by atoms with Crippen LogP contribution in [0.2, 0.25) is 0 Å². The highest BCUT2D eigenvalue weighted by molar-refractivity contribution is 7.99. The Hall–Kier alpha value is -2.19. The van der Waals surface area contributed by atoms with Crippen LogP contribution in [-0.2, 0) is 0 Å². The topological polar surface area (TPSA) is 81.2 Å². The van der Waals surface area contributed by atoms with Crippen LogP contribution >= 0.6 is 11.8 Å². The minimum absolute atomic E-state index is 0.0867. The Bertz CT molecular complexity index is 667. The molecule has 0 atom stereocenters. The zero-order valence-electron chi connectivity index (χ0n) is 9.97. The van der Waals surface area contributed by atoms with Gasteiger partial charge in [0.2, 0.25) is 0 Å². The molecule has 0 radical (unpaired) electrons. The molecule has 2 aromatic carbocycles. The molecule has 0 spiro atoms. The van der Waals surface area contributed by atoms with Crippen molar-refractivity contribution in [3.05, 3.63) is 58.1 Å². The van der Waals surface area contributed by atoms with E-state index in [2.05, 4.69) is 5.43 Å². The number of nitrogen functional groups attached to an aromatic ring is 1. The Labute approximate surface area is 116 Å². The fraction of sp³-hybridized carbons (Fsp3) is 0. The van der Waals surface area contributed by atoms with E-state index >= 15 is 0 Å². The summed E-state index contributed by atoms with van der Waals surface area (Å²) in [5.74, 6) is 3.72. The number of anilines is 1. The van der Waals surface area contributed by atoms with Gasteiger partial charge in [-0.05, 0) is 24.3 Å². The van der Waals surface area contributed by atoms with Gasteiger partial charge >= 0.3 is 5.69 Å². The minimum atomic E-state index is -0.782. The number of hydrogen-bond donors (Lipinski definition) is 2. The number of nitrogens with one attached hydrogen (secondary N) is 1. The Balaban J connectivity index is 2.45. The molecule has 0 saturated heterocycles. The fourth-order valence-corrected chi connectivity index (χ4v) is 2.54. The first-order valence-electron chi connectivity index (χ1n) is 5.40. The van der Waals surface area contributed by atoms with Crippen molar-refractivity contribution < 1.29 is 13.7 Å². The number of hydrazine groups is 1. The highest BCUT2D eigenvalue weighted by Gasteiger charge is 2.21. The molecule has 0 heterocycles. The van der Waals surface area contributed by atoms with Gasteiger partial charge in [0.25, 0.3) is 0 Å². The molecule has 0 aromatic heterocycles. The lowest BCUT2D eigenvalue weighted by molar-refractivity contribution is -0.386. The lowest BCUT2D eigenvalue weighted by Crippen LogP contribution is -2.09. The fourth-order valence-electron chi connectivity index (χ4n) is 1.59. The lowest BCUT2D eigenvalue weighted by Gasteiger charge is -2.07. The third-order valence-corrected chi connectivity index (χ3v) is 3.55. The molecule has 0 amide bonds. The standard InChI is InChI=1S/C12H9F2N3O2S/c13-7-4-5-10(8(14)6-7)20-11-3-1-2-9(16-15)12(11)17(18)19/h1-6,16H,15H2. The number of para-hydroxylation sites is 1. The van der Waals surface area contributed by atoms with E-state index in [1.54, 1.807) is 6.07 Å². The summed E-state index contributed by atoms with van der Waals surface area (Å²) in [5, 5.41) is 11.1. The van der Waals surface area contributed by atoms with Gasteiger partial charge in [-0.3, -0.25) is 16.0 Å². The summed E-state index contributed by atoms with van der Waals surface area (Å²) in [6.45, 7) is 0. The van der Waals surface area contributed by atoms with Gasteiger partial charge in [0.1, 0.15) is 17.3 Å². The molecule has 8 heteroatoms. The van der Waals surface area contributed by atoms with Gasteiger partial charge in [0, 0.05) is 11.0 Å².